The van der Waals surface area contributed by atoms with E-state index in [-0.39, 0.29) is 5.78 Å². The quantitative estimate of drug-likeness (QED) is 0.691. The Hall–Kier alpha value is -2.29. The highest BCUT2D eigenvalue weighted by Gasteiger charge is 2.31. The number of ketones is 1. The van der Waals surface area contributed by atoms with Crippen LogP contribution in [0.1, 0.15) is 15.9 Å². The van der Waals surface area contributed by atoms with Gasteiger partial charge in [0.2, 0.25) is 0 Å². The molecule has 0 heterocycles. The highest BCUT2D eigenvalue weighted by molar-refractivity contribution is 6.24. The fourth-order valence-corrected chi connectivity index (χ4v) is 2.45. The summed E-state index contributed by atoms with van der Waals surface area (Å²) in [5, 5.41) is 0. The molecular formula is C15H12O3. The number of fused-ring (bicyclic) bond motifs is 3. The van der Waals surface area contributed by atoms with Crippen LogP contribution in [0.15, 0.2) is 36.4 Å². The maximum atomic E-state index is 12.4. The Balaban J connectivity index is 2.37. The fraction of sp³-hybridized carbons (Fsp3) is 0.133. The molecule has 1 aliphatic carbocycles. The van der Waals surface area contributed by atoms with Crippen molar-refractivity contribution in [2.45, 2.75) is 0 Å². The highest BCUT2D eigenvalue weighted by Crippen LogP contribution is 2.45. The Kier molecular flexibility index (Phi) is 2.33. The van der Waals surface area contributed by atoms with E-state index < -0.39 is 0 Å². The lowest BCUT2D eigenvalue weighted by molar-refractivity contribution is 0.104. The van der Waals surface area contributed by atoms with Crippen LogP contribution in [-0.2, 0) is 0 Å². The van der Waals surface area contributed by atoms with Gasteiger partial charge in [-0.25, -0.2) is 0 Å². The lowest BCUT2D eigenvalue weighted by Gasteiger charge is -2.07. The summed E-state index contributed by atoms with van der Waals surface area (Å²) in [5.41, 5.74) is 3.04. The normalized spacial score (nSPS) is 12.0. The van der Waals surface area contributed by atoms with Gasteiger partial charge in [0.05, 0.1) is 19.8 Å². The molecule has 0 fully saturated rings. The molecule has 3 rings (SSSR count). The molecule has 0 N–H and O–H groups in total. The molecule has 0 unspecified atom stereocenters. The molecule has 0 atom stereocenters. The maximum absolute atomic E-state index is 12.4. The standard InChI is InChI=1S/C15H12O3/c1-17-11-7-4-6-10-13(11)9-5-3-8-12(18-2)14(9)15(10)16/h3-8H,1-2H3. The first-order valence-electron chi connectivity index (χ1n) is 5.67. The largest absolute Gasteiger partial charge is 0.496 e. The Morgan fingerprint density at radius 1 is 0.778 bits per heavy atom. The van der Waals surface area contributed by atoms with Gasteiger partial charge in [-0.15, -0.1) is 0 Å². The van der Waals surface area contributed by atoms with E-state index in [0.717, 1.165) is 11.1 Å². The number of carbonyl (C=O) groups is 1. The number of benzene rings is 2. The summed E-state index contributed by atoms with van der Waals surface area (Å²) in [6.07, 6.45) is 0. The summed E-state index contributed by atoms with van der Waals surface area (Å²) in [6.45, 7) is 0. The summed E-state index contributed by atoms with van der Waals surface area (Å²) >= 11 is 0. The molecule has 0 amide bonds. The second kappa shape index (κ2) is 3.88. The van der Waals surface area contributed by atoms with Crippen molar-refractivity contribution in [2.24, 2.45) is 0 Å². The zero-order valence-electron chi connectivity index (χ0n) is 10.2. The zero-order valence-corrected chi connectivity index (χ0v) is 10.2. The maximum Gasteiger partial charge on any atom is 0.198 e. The topological polar surface area (TPSA) is 35.5 Å². The third kappa shape index (κ3) is 1.27. The van der Waals surface area contributed by atoms with Gasteiger partial charge in [0.15, 0.2) is 5.78 Å². The molecule has 0 aliphatic heterocycles. The van der Waals surface area contributed by atoms with Gasteiger partial charge in [-0.2, -0.15) is 0 Å². The molecule has 0 spiro atoms. The summed E-state index contributed by atoms with van der Waals surface area (Å²) in [4.78, 5) is 12.4. The van der Waals surface area contributed by atoms with Gasteiger partial charge in [-0.05, 0) is 12.1 Å². The van der Waals surface area contributed by atoms with Gasteiger partial charge in [0, 0.05) is 16.7 Å². The summed E-state index contributed by atoms with van der Waals surface area (Å²) in [6, 6.07) is 11.1. The van der Waals surface area contributed by atoms with E-state index in [1.54, 1.807) is 20.3 Å². The molecule has 0 radical (unpaired) electrons. The predicted molar refractivity (Wildman–Crippen MR) is 68.4 cm³/mol. The first-order chi connectivity index (χ1) is 8.77. The molecule has 2 aromatic rings. The van der Waals surface area contributed by atoms with Crippen molar-refractivity contribution in [1.82, 2.24) is 0 Å². The van der Waals surface area contributed by atoms with E-state index in [1.165, 1.54) is 0 Å². The van der Waals surface area contributed by atoms with Gasteiger partial charge in [-0.1, -0.05) is 24.3 Å². The van der Waals surface area contributed by atoms with Crippen LogP contribution < -0.4 is 9.47 Å². The van der Waals surface area contributed by atoms with Crippen LogP contribution in [0, 0.1) is 0 Å². The van der Waals surface area contributed by atoms with Crippen LogP contribution in [-0.4, -0.2) is 20.0 Å². The fourth-order valence-electron chi connectivity index (χ4n) is 2.45. The van der Waals surface area contributed by atoms with Gasteiger partial charge in [0.1, 0.15) is 11.5 Å². The molecule has 0 saturated carbocycles. The van der Waals surface area contributed by atoms with Crippen LogP contribution in [0.5, 0.6) is 11.5 Å². The Bertz CT molecular complexity index is 644. The summed E-state index contributed by atoms with van der Waals surface area (Å²) in [7, 11) is 3.18. The monoisotopic (exact) mass is 240 g/mol. The van der Waals surface area contributed by atoms with Gasteiger partial charge in [0.25, 0.3) is 0 Å². The number of carbonyl (C=O) groups excluding carboxylic acids is 1. The van der Waals surface area contributed by atoms with E-state index in [0.29, 0.717) is 22.6 Å². The van der Waals surface area contributed by atoms with E-state index in [9.17, 15) is 4.79 Å². The smallest absolute Gasteiger partial charge is 0.198 e. The molecule has 3 nitrogen and oxygen atoms in total. The third-order valence-electron chi connectivity index (χ3n) is 3.23. The average molecular weight is 240 g/mol. The van der Waals surface area contributed by atoms with Crippen molar-refractivity contribution in [2.75, 3.05) is 14.2 Å². The molecule has 0 saturated heterocycles. The Labute approximate surface area is 105 Å². The minimum atomic E-state index is -0.00338. The van der Waals surface area contributed by atoms with Crippen molar-refractivity contribution in [3.05, 3.63) is 47.5 Å². The summed E-state index contributed by atoms with van der Waals surface area (Å²) < 4.78 is 10.6. The van der Waals surface area contributed by atoms with Crippen LogP contribution in [0.2, 0.25) is 0 Å². The van der Waals surface area contributed by atoms with E-state index in [2.05, 4.69) is 0 Å². The number of hydrogen-bond acceptors (Lipinski definition) is 3. The summed E-state index contributed by atoms with van der Waals surface area (Å²) in [5.74, 6) is 1.32. The molecule has 18 heavy (non-hydrogen) atoms. The van der Waals surface area contributed by atoms with E-state index in [4.69, 9.17) is 9.47 Å². The molecule has 3 heteroatoms. The van der Waals surface area contributed by atoms with Crippen LogP contribution >= 0.6 is 0 Å². The molecule has 2 aromatic carbocycles. The SMILES string of the molecule is COc1cccc2c1C(=O)c1cccc(OC)c1-2. The van der Waals surface area contributed by atoms with Gasteiger partial charge < -0.3 is 9.47 Å². The Morgan fingerprint density at radius 2 is 1.33 bits per heavy atom. The van der Waals surface area contributed by atoms with Crippen molar-refractivity contribution in [3.63, 3.8) is 0 Å². The first kappa shape index (κ1) is 10.8. The number of ether oxygens (including phenoxy) is 2. The zero-order chi connectivity index (χ0) is 12.7. The van der Waals surface area contributed by atoms with E-state index in [1.807, 2.05) is 30.3 Å². The molecule has 1 aliphatic rings. The van der Waals surface area contributed by atoms with E-state index >= 15 is 0 Å². The average Bonchev–Trinajstić information content (AvgIpc) is 2.73. The molecule has 0 bridgehead atoms. The first-order valence-corrected chi connectivity index (χ1v) is 5.67. The van der Waals surface area contributed by atoms with Crippen molar-refractivity contribution in [1.29, 1.82) is 0 Å². The number of hydrogen-bond donors (Lipinski definition) is 0. The number of methoxy groups -OCH3 is 2. The van der Waals surface area contributed by atoms with Crippen LogP contribution in [0.4, 0.5) is 0 Å². The van der Waals surface area contributed by atoms with Crippen LogP contribution in [0.3, 0.4) is 0 Å². The molecular weight excluding hydrogens is 228 g/mol. The van der Waals surface area contributed by atoms with Crippen molar-refractivity contribution < 1.29 is 14.3 Å². The van der Waals surface area contributed by atoms with Crippen molar-refractivity contribution in [3.8, 4) is 22.6 Å². The highest BCUT2D eigenvalue weighted by atomic mass is 16.5. The lowest BCUT2D eigenvalue weighted by Crippen LogP contribution is -1.98. The number of rotatable bonds is 2. The van der Waals surface area contributed by atoms with Gasteiger partial charge in [-0.3, -0.25) is 4.79 Å². The predicted octanol–water partition coefficient (Wildman–Crippen LogP) is 2.92. The third-order valence-corrected chi connectivity index (χ3v) is 3.23. The Morgan fingerprint density at radius 3 is 1.94 bits per heavy atom. The second-order valence-corrected chi connectivity index (χ2v) is 4.09. The van der Waals surface area contributed by atoms with Crippen LogP contribution in [0.25, 0.3) is 11.1 Å². The lowest BCUT2D eigenvalue weighted by atomic mass is 10.0. The minimum Gasteiger partial charge on any atom is -0.496 e. The van der Waals surface area contributed by atoms with Gasteiger partial charge >= 0.3 is 0 Å². The minimum absolute atomic E-state index is 0.00338. The van der Waals surface area contributed by atoms with Crippen molar-refractivity contribution >= 4 is 5.78 Å². The molecule has 90 valence electrons. The second-order valence-electron chi connectivity index (χ2n) is 4.09. The molecule has 0 aromatic heterocycles.